The van der Waals surface area contributed by atoms with Gasteiger partial charge in [0.2, 0.25) is 0 Å². The SMILES string of the molecule is C[C@H](O)COC[C@H]1O[C@@H](O[C@H]2[C@H](OC[C@H](C)O)[C@@H](OC[C@H](C)O)[C@H](OC[C@H](C)O)O[C@@H]2COC[C@H](C)O)[C@H](OC[C@H](C)O)[C@@H](OC[C@H](C)O)[C@@H]1OC[C@H](C)O. The van der Waals surface area contributed by atoms with Crippen LogP contribution in [0.3, 0.4) is 0 Å². The Labute approximate surface area is 324 Å². The fourth-order valence-corrected chi connectivity index (χ4v) is 5.72. The number of ether oxygens (including phenoxy) is 11. The first-order valence-electron chi connectivity index (χ1n) is 19.1. The Balaban J connectivity index is 2.73. The largest absolute Gasteiger partial charge is 0.391 e. The number of hydrogen-bond donors (Lipinski definition) is 8. The lowest BCUT2D eigenvalue weighted by molar-refractivity contribution is -0.377. The van der Waals surface area contributed by atoms with E-state index >= 15 is 0 Å². The van der Waals surface area contributed by atoms with Gasteiger partial charge in [0.1, 0.15) is 48.8 Å². The molecule has 2 aliphatic heterocycles. The summed E-state index contributed by atoms with van der Waals surface area (Å²) >= 11 is 0. The average molecular weight is 807 g/mol. The third-order valence-electron chi connectivity index (χ3n) is 7.91. The molecular formula is C36H70O19. The molecule has 0 bridgehead atoms. The van der Waals surface area contributed by atoms with Crippen molar-refractivity contribution in [3.05, 3.63) is 0 Å². The van der Waals surface area contributed by atoms with Crippen LogP contribution in [-0.4, -0.2) is 217 Å². The predicted octanol–water partition coefficient (Wildman–Crippen LogP) is -2.16. The highest BCUT2D eigenvalue weighted by atomic mass is 16.8. The maximum Gasteiger partial charge on any atom is 0.187 e. The Bertz CT molecular complexity index is 969. The highest BCUT2D eigenvalue weighted by Crippen LogP contribution is 2.35. The van der Waals surface area contributed by atoms with Crippen LogP contribution in [0.5, 0.6) is 0 Å². The fourth-order valence-electron chi connectivity index (χ4n) is 5.72. The molecule has 0 spiro atoms. The third kappa shape index (κ3) is 19.2. The first-order valence-corrected chi connectivity index (χ1v) is 19.1. The summed E-state index contributed by atoms with van der Waals surface area (Å²) in [6.07, 6.45) is -18.5. The molecule has 18 atom stereocenters. The zero-order chi connectivity index (χ0) is 41.2. The van der Waals surface area contributed by atoms with Gasteiger partial charge in [-0.2, -0.15) is 0 Å². The zero-order valence-electron chi connectivity index (χ0n) is 33.5. The molecule has 19 nitrogen and oxygen atoms in total. The quantitative estimate of drug-likeness (QED) is 0.0419. The van der Waals surface area contributed by atoms with E-state index in [1.165, 1.54) is 41.5 Å². The molecular weight excluding hydrogens is 736 g/mol. The molecule has 2 heterocycles. The van der Waals surface area contributed by atoms with Crippen LogP contribution < -0.4 is 0 Å². The molecule has 2 saturated heterocycles. The summed E-state index contributed by atoms with van der Waals surface area (Å²) in [5.74, 6) is 0. The Morgan fingerprint density at radius 1 is 0.345 bits per heavy atom. The van der Waals surface area contributed by atoms with Crippen LogP contribution in [0.2, 0.25) is 0 Å². The van der Waals surface area contributed by atoms with E-state index in [-0.39, 0.29) is 66.1 Å². The van der Waals surface area contributed by atoms with Crippen molar-refractivity contribution < 1.29 is 93.0 Å². The minimum atomic E-state index is -1.39. The van der Waals surface area contributed by atoms with Gasteiger partial charge in [-0.3, -0.25) is 0 Å². The van der Waals surface area contributed by atoms with Crippen LogP contribution in [0.4, 0.5) is 0 Å². The van der Waals surface area contributed by atoms with Crippen LogP contribution in [0, 0.1) is 0 Å². The third-order valence-corrected chi connectivity index (χ3v) is 7.91. The topological polar surface area (TPSA) is 263 Å². The Hall–Kier alpha value is -0.760. The van der Waals surface area contributed by atoms with Gasteiger partial charge in [0.15, 0.2) is 12.6 Å². The van der Waals surface area contributed by atoms with Crippen LogP contribution in [0.25, 0.3) is 0 Å². The molecule has 0 radical (unpaired) electrons. The van der Waals surface area contributed by atoms with E-state index in [2.05, 4.69) is 0 Å². The van der Waals surface area contributed by atoms with Gasteiger partial charge in [-0.15, -0.1) is 0 Å². The number of rotatable bonds is 28. The standard InChI is InChI=1S/C36H70O19/c1-19(37)9-45-17-27-29(47-11-21(3)39)31(48-12-22(4)40)34(51-15-25(7)43)36(54-27)55-30-28(18-46-10-20(2)38)53-35(52-16-26(8)44)33(50-14-24(6)42)32(30)49-13-23(5)41/h19-44H,9-18H2,1-8H3/t19-,20-,21-,22-,23-,24-,25-,26-,27+,28+,29+,30+,31-,32-,33+,34+,35+,36-/m0/s1. The van der Waals surface area contributed by atoms with Gasteiger partial charge in [0.25, 0.3) is 0 Å². The van der Waals surface area contributed by atoms with E-state index in [0.717, 1.165) is 0 Å². The van der Waals surface area contributed by atoms with Crippen molar-refractivity contribution in [3.63, 3.8) is 0 Å². The second-order valence-electron chi connectivity index (χ2n) is 14.9. The molecule has 8 N–H and O–H groups in total. The molecule has 0 aromatic heterocycles. The van der Waals surface area contributed by atoms with Crippen molar-refractivity contribution >= 4 is 0 Å². The van der Waals surface area contributed by atoms with Gasteiger partial charge in [0.05, 0.1) is 115 Å². The van der Waals surface area contributed by atoms with E-state index in [4.69, 9.17) is 52.1 Å². The first-order chi connectivity index (χ1) is 25.9. The Morgan fingerprint density at radius 2 is 0.636 bits per heavy atom. The lowest BCUT2D eigenvalue weighted by Gasteiger charge is -2.50. The average Bonchev–Trinajstić information content (AvgIpc) is 3.07. The minimum Gasteiger partial charge on any atom is -0.391 e. The van der Waals surface area contributed by atoms with Crippen molar-refractivity contribution in [2.45, 2.75) is 166 Å². The predicted molar refractivity (Wildman–Crippen MR) is 192 cm³/mol. The second-order valence-corrected chi connectivity index (χ2v) is 14.9. The van der Waals surface area contributed by atoms with Gasteiger partial charge in [-0.05, 0) is 55.4 Å². The van der Waals surface area contributed by atoms with Crippen molar-refractivity contribution in [1.82, 2.24) is 0 Å². The minimum absolute atomic E-state index is 0.0553. The summed E-state index contributed by atoms with van der Waals surface area (Å²) in [6, 6.07) is 0. The van der Waals surface area contributed by atoms with Crippen LogP contribution >= 0.6 is 0 Å². The summed E-state index contributed by atoms with van der Waals surface area (Å²) in [7, 11) is 0. The lowest BCUT2D eigenvalue weighted by Crippen LogP contribution is -2.67. The van der Waals surface area contributed by atoms with Gasteiger partial charge >= 0.3 is 0 Å². The zero-order valence-corrected chi connectivity index (χ0v) is 33.5. The van der Waals surface area contributed by atoms with Crippen LogP contribution in [-0.2, 0) is 52.1 Å². The summed E-state index contributed by atoms with van der Waals surface area (Å²) in [5, 5.41) is 81.2. The lowest BCUT2D eigenvalue weighted by atomic mass is 9.95. The summed E-state index contributed by atoms with van der Waals surface area (Å²) in [4.78, 5) is 0. The molecule has 0 aromatic carbocycles. The number of aliphatic hydroxyl groups is 8. The molecule has 19 heteroatoms. The highest BCUT2D eigenvalue weighted by molar-refractivity contribution is 4.98. The summed E-state index contributed by atoms with van der Waals surface area (Å²) in [5.41, 5.74) is 0. The van der Waals surface area contributed by atoms with Gasteiger partial charge in [-0.25, -0.2) is 0 Å². The van der Waals surface area contributed by atoms with Gasteiger partial charge in [0, 0.05) is 0 Å². The first kappa shape index (κ1) is 50.4. The van der Waals surface area contributed by atoms with Crippen molar-refractivity contribution in [2.75, 3.05) is 66.1 Å². The molecule has 55 heavy (non-hydrogen) atoms. The van der Waals surface area contributed by atoms with Crippen molar-refractivity contribution in [2.24, 2.45) is 0 Å². The highest BCUT2D eigenvalue weighted by Gasteiger charge is 2.55. The number of hydrogen-bond acceptors (Lipinski definition) is 19. The molecule has 2 fully saturated rings. The van der Waals surface area contributed by atoms with Gasteiger partial charge in [-0.1, -0.05) is 0 Å². The molecule has 2 rings (SSSR count). The molecule has 0 aromatic rings. The molecule has 0 aliphatic carbocycles. The van der Waals surface area contributed by atoms with E-state index in [1.807, 2.05) is 0 Å². The van der Waals surface area contributed by atoms with E-state index < -0.39 is 110 Å². The molecule has 2 aliphatic rings. The fraction of sp³-hybridized carbons (Fsp3) is 1.00. The molecule has 328 valence electrons. The van der Waals surface area contributed by atoms with Crippen molar-refractivity contribution in [3.8, 4) is 0 Å². The van der Waals surface area contributed by atoms with Crippen LogP contribution in [0.15, 0.2) is 0 Å². The molecule has 0 amide bonds. The smallest absolute Gasteiger partial charge is 0.187 e. The normalized spacial score (nSPS) is 33.4. The van der Waals surface area contributed by atoms with E-state index in [0.29, 0.717) is 0 Å². The maximum absolute atomic E-state index is 10.3. The van der Waals surface area contributed by atoms with E-state index in [1.54, 1.807) is 13.8 Å². The molecule has 0 unspecified atom stereocenters. The Kier molecular flexibility index (Phi) is 24.1. The molecule has 0 saturated carbocycles. The Morgan fingerprint density at radius 3 is 1.04 bits per heavy atom. The van der Waals surface area contributed by atoms with Crippen LogP contribution in [0.1, 0.15) is 55.4 Å². The van der Waals surface area contributed by atoms with Crippen molar-refractivity contribution in [1.29, 1.82) is 0 Å². The maximum atomic E-state index is 10.3. The number of aliphatic hydroxyl groups excluding tert-OH is 8. The van der Waals surface area contributed by atoms with E-state index in [9.17, 15) is 40.9 Å². The summed E-state index contributed by atoms with van der Waals surface area (Å²) in [6.45, 7) is 10.7. The second kappa shape index (κ2) is 26.4. The van der Waals surface area contributed by atoms with Gasteiger partial charge < -0.3 is 93.0 Å². The monoisotopic (exact) mass is 806 g/mol. The summed E-state index contributed by atoms with van der Waals surface area (Å²) < 4.78 is 68.1.